The molecule has 2 heterocycles. The van der Waals surface area contributed by atoms with Crippen molar-refractivity contribution in [3.05, 3.63) is 59.4 Å². The fraction of sp³-hybridized carbons (Fsp3) is 0.294. The van der Waals surface area contributed by atoms with Crippen molar-refractivity contribution in [3.63, 3.8) is 0 Å². The van der Waals surface area contributed by atoms with Crippen molar-refractivity contribution in [2.75, 3.05) is 0 Å². The highest BCUT2D eigenvalue weighted by atomic mass is 16.4. The largest absolute Gasteiger partial charge is 0.480 e. The van der Waals surface area contributed by atoms with E-state index in [1.54, 1.807) is 13.0 Å². The molecule has 6 heteroatoms. The second-order valence-corrected chi connectivity index (χ2v) is 5.66. The highest BCUT2D eigenvalue weighted by Crippen LogP contribution is 2.37. The second-order valence-electron chi connectivity index (χ2n) is 5.66. The maximum absolute atomic E-state index is 12.9. The standard InChI is InChI=1S/C17H17N3O3/c1-11-9-13(10-18-19-11)16(21)20-14(7-8-15(20)17(22)23)12-5-3-2-4-6-12/h2-6,9-10,14-15H,7-8H2,1H3,(H,22,23)/t14-,15?/m0/s1. The van der Waals surface area contributed by atoms with Gasteiger partial charge in [0.15, 0.2) is 0 Å². The molecular formula is C17H17N3O3. The van der Waals surface area contributed by atoms with Crippen LogP contribution in [0.4, 0.5) is 0 Å². The molecule has 1 aliphatic heterocycles. The molecule has 1 saturated heterocycles. The SMILES string of the molecule is Cc1cc(C(=O)N2C(C(=O)O)CC[C@H]2c2ccccc2)cnn1. The number of nitrogens with zero attached hydrogens (tertiary/aromatic N) is 3. The quantitative estimate of drug-likeness (QED) is 0.939. The number of carbonyl (C=O) groups is 2. The van der Waals surface area contributed by atoms with E-state index in [0.717, 1.165) is 5.56 Å². The van der Waals surface area contributed by atoms with Gasteiger partial charge in [-0.25, -0.2) is 4.79 Å². The summed E-state index contributed by atoms with van der Waals surface area (Å²) in [5.41, 5.74) is 1.94. The number of benzene rings is 1. The predicted molar refractivity (Wildman–Crippen MR) is 82.8 cm³/mol. The molecule has 1 aliphatic rings. The van der Waals surface area contributed by atoms with Crippen LogP contribution >= 0.6 is 0 Å². The number of aromatic nitrogens is 2. The van der Waals surface area contributed by atoms with E-state index in [0.29, 0.717) is 24.1 Å². The van der Waals surface area contributed by atoms with Crippen molar-refractivity contribution < 1.29 is 14.7 Å². The Morgan fingerprint density at radius 2 is 1.96 bits per heavy atom. The number of carbonyl (C=O) groups excluding carboxylic acids is 1. The molecule has 2 aromatic rings. The van der Waals surface area contributed by atoms with Gasteiger partial charge in [-0.3, -0.25) is 4.79 Å². The summed E-state index contributed by atoms with van der Waals surface area (Å²) in [6, 6.07) is 10.1. The van der Waals surface area contributed by atoms with Gasteiger partial charge in [0.2, 0.25) is 0 Å². The van der Waals surface area contributed by atoms with Crippen LogP contribution in [0.25, 0.3) is 0 Å². The summed E-state index contributed by atoms with van der Waals surface area (Å²) in [5, 5.41) is 17.1. The van der Waals surface area contributed by atoms with E-state index in [-0.39, 0.29) is 11.9 Å². The van der Waals surface area contributed by atoms with E-state index in [9.17, 15) is 14.7 Å². The fourth-order valence-corrected chi connectivity index (χ4v) is 3.08. The molecule has 1 N–H and O–H groups in total. The monoisotopic (exact) mass is 311 g/mol. The number of likely N-dealkylation sites (tertiary alicyclic amines) is 1. The first-order valence-electron chi connectivity index (χ1n) is 7.47. The number of carboxylic acids is 1. The lowest BCUT2D eigenvalue weighted by atomic mass is 10.0. The zero-order valence-electron chi connectivity index (χ0n) is 12.7. The molecule has 1 unspecified atom stereocenters. The number of hydrogen-bond acceptors (Lipinski definition) is 4. The Morgan fingerprint density at radius 3 is 2.61 bits per heavy atom. The summed E-state index contributed by atoms with van der Waals surface area (Å²) in [7, 11) is 0. The molecule has 0 aliphatic carbocycles. The lowest BCUT2D eigenvalue weighted by Crippen LogP contribution is -2.41. The smallest absolute Gasteiger partial charge is 0.326 e. The van der Waals surface area contributed by atoms with Gasteiger partial charge in [-0.2, -0.15) is 10.2 Å². The van der Waals surface area contributed by atoms with E-state index >= 15 is 0 Å². The average Bonchev–Trinajstić information content (AvgIpc) is 3.00. The van der Waals surface area contributed by atoms with Gasteiger partial charge in [-0.05, 0) is 31.4 Å². The van der Waals surface area contributed by atoms with E-state index < -0.39 is 12.0 Å². The predicted octanol–water partition coefficient (Wildman–Crippen LogP) is 2.22. The first-order valence-corrected chi connectivity index (χ1v) is 7.47. The molecule has 0 radical (unpaired) electrons. The Bertz CT molecular complexity index is 733. The molecule has 1 amide bonds. The molecule has 2 atom stereocenters. The molecule has 118 valence electrons. The summed E-state index contributed by atoms with van der Waals surface area (Å²) < 4.78 is 0. The van der Waals surface area contributed by atoms with Crippen molar-refractivity contribution in [1.82, 2.24) is 15.1 Å². The molecule has 0 spiro atoms. The number of aliphatic carboxylic acids is 1. The van der Waals surface area contributed by atoms with Crippen LogP contribution in [0.15, 0.2) is 42.6 Å². The molecule has 23 heavy (non-hydrogen) atoms. The van der Waals surface area contributed by atoms with Gasteiger partial charge < -0.3 is 10.0 Å². The first kappa shape index (κ1) is 15.1. The first-order chi connectivity index (χ1) is 11.1. The summed E-state index contributed by atoms with van der Waals surface area (Å²) in [6.07, 6.45) is 2.46. The van der Waals surface area contributed by atoms with Gasteiger partial charge in [0.25, 0.3) is 5.91 Å². The van der Waals surface area contributed by atoms with Crippen LogP contribution < -0.4 is 0 Å². The molecule has 0 saturated carbocycles. The molecule has 1 fully saturated rings. The fourth-order valence-electron chi connectivity index (χ4n) is 3.08. The molecule has 3 rings (SSSR count). The summed E-state index contributed by atoms with van der Waals surface area (Å²) in [6.45, 7) is 1.75. The van der Waals surface area contributed by atoms with Crippen molar-refractivity contribution in [1.29, 1.82) is 0 Å². The Balaban J connectivity index is 1.99. The van der Waals surface area contributed by atoms with Crippen LogP contribution in [-0.4, -0.2) is 38.1 Å². The van der Waals surface area contributed by atoms with Gasteiger partial charge >= 0.3 is 5.97 Å². The normalized spacial score (nSPS) is 20.5. The zero-order chi connectivity index (χ0) is 16.4. The molecule has 0 bridgehead atoms. The lowest BCUT2D eigenvalue weighted by molar-refractivity contribution is -0.141. The van der Waals surface area contributed by atoms with Crippen LogP contribution in [-0.2, 0) is 4.79 Å². The van der Waals surface area contributed by atoms with Crippen LogP contribution in [0.3, 0.4) is 0 Å². The summed E-state index contributed by atoms with van der Waals surface area (Å²) in [4.78, 5) is 25.9. The van der Waals surface area contributed by atoms with Crippen LogP contribution in [0.2, 0.25) is 0 Å². The molecule has 1 aromatic carbocycles. The Labute approximate surface area is 133 Å². The number of amides is 1. The second kappa shape index (κ2) is 6.16. The van der Waals surface area contributed by atoms with E-state index in [1.807, 2.05) is 30.3 Å². The number of aryl methyl sites for hydroxylation is 1. The minimum atomic E-state index is -0.976. The topological polar surface area (TPSA) is 83.4 Å². The lowest BCUT2D eigenvalue weighted by Gasteiger charge is -2.28. The Kier molecular flexibility index (Phi) is 4.06. The summed E-state index contributed by atoms with van der Waals surface area (Å²) >= 11 is 0. The van der Waals surface area contributed by atoms with Gasteiger partial charge in [-0.15, -0.1) is 0 Å². The van der Waals surface area contributed by atoms with Gasteiger partial charge in [0.05, 0.1) is 23.5 Å². The number of rotatable bonds is 3. The van der Waals surface area contributed by atoms with Gasteiger partial charge in [0, 0.05) is 0 Å². The van der Waals surface area contributed by atoms with Crippen molar-refractivity contribution in [2.24, 2.45) is 0 Å². The minimum Gasteiger partial charge on any atom is -0.480 e. The van der Waals surface area contributed by atoms with E-state index in [2.05, 4.69) is 10.2 Å². The van der Waals surface area contributed by atoms with Crippen LogP contribution in [0, 0.1) is 6.92 Å². The third-order valence-electron chi connectivity index (χ3n) is 4.11. The maximum atomic E-state index is 12.9. The van der Waals surface area contributed by atoms with Crippen LogP contribution in [0.5, 0.6) is 0 Å². The van der Waals surface area contributed by atoms with E-state index in [1.165, 1.54) is 11.1 Å². The Morgan fingerprint density at radius 1 is 1.22 bits per heavy atom. The Hall–Kier alpha value is -2.76. The van der Waals surface area contributed by atoms with E-state index in [4.69, 9.17) is 0 Å². The average molecular weight is 311 g/mol. The van der Waals surface area contributed by atoms with Crippen molar-refractivity contribution >= 4 is 11.9 Å². The molecular weight excluding hydrogens is 294 g/mol. The molecule has 1 aromatic heterocycles. The summed E-state index contributed by atoms with van der Waals surface area (Å²) in [5.74, 6) is -1.29. The third kappa shape index (κ3) is 2.92. The third-order valence-corrected chi connectivity index (χ3v) is 4.11. The van der Waals surface area contributed by atoms with Crippen molar-refractivity contribution in [3.8, 4) is 0 Å². The minimum absolute atomic E-state index is 0.238. The number of hydrogen-bond donors (Lipinski definition) is 1. The maximum Gasteiger partial charge on any atom is 0.326 e. The molecule has 6 nitrogen and oxygen atoms in total. The zero-order valence-corrected chi connectivity index (χ0v) is 12.7. The van der Waals surface area contributed by atoms with Crippen LogP contribution in [0.1, 0.15) is 40.5 Å². The highest BCUT2D eigenvalue weighted by Gasteiger charge is 2.42. The van der Waals surface area contributed by atoms with Gasteiger partial charge in [0.1, 0.15) is 6.04 Å². The van der Waals surface area contributed by atoms with Gasteiger partial charge in [-0.1, -0.05) is 30.3 Å². The number of carboxylic acid groups (broad SMARTS) is 1. The van der Waals surface area contributed by atoms with Crippen molar-refractivity contribution in [2.45, 2.75) is 31.8 Å². The highest BCUT2D eigenvalue weighted by molar-refractivity contribution is 5.97.